The molecule has 0 aromatic heterocycles. The Hall–Kier alpha value is -1.19. The van der Waals surface area contributed by atoms with Crippen molar-refractivity contribution in [2.75, 3.05) is 5.23 Å². The maximum atomic E-state index is 9.09. The zero-order valence-electron chi connectivity index (χ0n) is 8.11. The summed E-state index contributed by atoms with van der Waals surface area (Å²) in [5.41, 5.74) is 0.808. The Bertz CT molecular complexity index is 281. The topological polar surface area (TPSA) is 43.7 Å². The van der Waals surface area contributed by atoms with Gasteiger partial charge in [0, 0.05) is 25.5 Å². The van der Waals surface area contributed by atoms with Crippen LogP contribution in [0, 0.1) is 6.40 Å². The molecule has 0 atom stereocenters. The molecule has 3 heteroatoms. The molecule has 0 radical (unpaired) electrons. The molecule has 0 aliphatic carbocycles. The van der Waals surface area contributed by atoms with E-state index in [2.05, 4.69) is 5.21 Å². The average Bonchev–Trinajstić information content (AvgIpc) is 2.16. The molecule has 3 nitrogen and oxygen atoms in total. The Kier molecular flexibility index (Phi) is 1.63. The highest BCUT2D eigenvalue weighted by atomic mass is 16.8. The molecule has 58 valence electrons. The Morgan fingerprint density at radius 1 is 1.64 bits per heavy atom. The fourth-order valence-electron chi connectivity index (χ4n) is 0.852. The number of anilines is 1. The molecule has 0 aliphatic rings. The number of benzene rings is 1. The molecular weight excluding hydrogens is 142 g/mol. The fourth-order valence-corrected chi connectivity index (χ4v) is 0.852. The summed E-state index contributed by atoms with van der Waals surface area (Å²) in [5.74, 6) is 0. The predicted octanol–water partition coefficient (Wildman–Crippen LogP) is 1.84. The Labute approximate surface area is 68.3 Å². The van der Waals surface area contributed by atoms with Crippen molar-refractivity contribution in [3.05, 3.63) is 36.2 Å². The molecule has 0 saturated heterocycles. The first-order chi connectivity index (χ1) is 6.16. The van der Waals surface area contributed by atoms with E-state index >= 15 is 0 Å². The fraction of sp³-hybridized carbons (Fsp3) is 0.125. The molecule has 0 amide bonds. The van der Waals surface area contributed by atoms with Crippen LogP contribution in [0.5, 0.6) is 0 Å². The summed E-state index contributed by atoms with van der Waals surface area (Å²) >= 11 is 0. The van der Waals surface area contributed by atoms with Crippen LogP contribution in [-0.4, -0.2) is 10.4 Å². The maximum Gasteiger partial charge on any atom is 0.250 e. The van der Waals surface area contributed by atoms with E-state index < -0.39 is 0 Å². The highest BCUT2D eigenvalue weighted by Crippen LogP contribution is 2.18. The Balaban J connectivity index is 3.04. The lowest BCUT2D eigenvalue weighted by Gasteiger charge is -2.03. The van der Waals surface area contributed by atoms with Gasteiger partial charge in [-0.3, -0.25) is 10.4 Å². The van der Waals surface area contributed by atoms with Crippen molar-refractivity contribution in [3.8, 4) is 0 Å². The summed E-state index contributed by atoms with van der Waals surface area (Å²) in [5, 5.41) is 13.3. The van der Waals surface area contributed by atoms with Crippen LogP contribution in [0.2, 0.25) is 1.43 Å². The minimum Gasteiger partial charge on any atom is -0.252 e. The molecule has 0 bridgehead atoms. The van der Waals surface area contributed by atoms with Crippen LogP contribution in [0.3, 0.4) is 0 Å². The maximum absolute atomic E-state index is 9.09. The highest BCUT2D eigenvalue weighted by Gasteiger charge is 2.12. The van der Waals surface area contributed by atoms with Gasteiger partial charge in [-0.25, -0.2) is 0 Å². The van der Waals surface area contributed by atoms with Gasteiger partial charge in [0.2, 0.25) is 5.69 Å². The normalized spacial score (nSPS) is 11.8. The minimum absolute atomic E-state index is 0.282. The van der Waals surface area contributed by atoms with Gasteiger partial charge in [0.15, 0.2) is 5.56 Å². The molecule has 1 aromatic rings. The van der Waals surface area contributed by atoms with Crippen LogP contribution >= 0.6 is 0 Å². The lowest BCUT2D eigenvalue weighted by molar-refractivity contribution is 0.0289. The molecule has 0 fully saturated rings. The number of hydrogen-bond acceptors (Lipinski definition) is 3. The number of para-hydroxylation sites is 1. The summed E-state index contributed by atoms with van der Waals surface area (Å²) in [7, 11) is 0. The highest BCUT2D eigenvalue weighted by molar-refractivity contribution is 5.52. The smallest absolute Gasteiger partial charge is 0.250 e. The molecule has 1 aromatic carbocycles. The molecule has 0 heterocycles. The molecular formula is C8H10NO2+. The van der Waals surface area contributed by atoms with Gasteiger partial charge < -0.3 is 0 Å². The van der Waals surface area contributed by atoms with Gasteiger partial charge in [-0.15, -0.1) is 0 Å². The van der Waals surface area contributed by atoms with E-state index in [1.165, 1.54) is 0 Å². The van der Waals surface area contributed by atoms with Gasteiger partial charge >= 0.3 is 0 Å². The van der Waals surface area contributed by atoms with Crippen LogP contribution in [0.15, 0.2) is 24.3 Å². The summed E-state index contributed by atoms with van der Waals surface area (Å²) in [6.45, 7) is 1.59. The van der Waals surface area contributed by atoms with Gasteiger partial charge in [-0.1, -0.05) is 5.23 Å². The van der Waals surface area contributed by atoms with E-state index in [1.54, 1.807) is 31.2 Å². The van der Waals surface area contributed by atoms with Crippen molar-refractivity contribution in [3.63, 3.8) is 0 Å². The van der Waals surface area contributed by atoms with Crippen molar-refractivity contribution in [2.45, 2.75) is 6.92 Å². The molecule has 0 saturated carbocycles. The van der Waals surface area contributed by atoms with Gasteiger partial charge in [-0.2, -0.15) is 0 Å². The second kappa shape index (κ2) is 3.27. The zero-order valence-corrected chi connectivity index (χ0v) is 6.11. The molecule has 11 heavy (non-hydrogen) atoms. The third-order valence-electron chi connectivity index (χ3n) is 1.38. The summed E-state index contributed by atoms with van der Waals surface area (Å²) in [6, 6.07) is 6.65. The average molecular weight is 154 g/mol. The quantitative estimate of drug-likeness (QED) is 0.515. The third-order valence-corrected chi connectivity index (χ3v) is 1.38. The number of rotatable bonds is 3. The van der Waals surface area contributed by atoms with Gasteiger partial charge in [-0.05, 0) is 12.1 Å². The number of hydrogen-bond donors (Lipinski definition) is 2. The van der Waals surface area contributed by atoms with Crippen molar-refractivity contribution < 1.29 is 13.2 Å². The lowest BCUT2D eigenvalue weighted by Crippen LogP contribution is -2.12. The van der Waals surface area contributed by atoms with Gasteiger partial charge in [0.05, 0.1) is 0 Å². The molecule has 2 N–H and O–H groups in total. The van der Waals surface area contributed by atoms with Crippen molar-refractivity contribution in [1.82, 2.24) is 0 Å². The Morgan fingerprint density at radius 3 is 3.00 bits per heavy atom. The first-order valence-electron chi connectivity index (χ1n) is 4.09. The monoisotopic (exact) mass is 154 g/mol. The van der Waals surface area contributed by atoms with Crippen LogP contribution < -0.4 is 5.23 Å². The van der Waals surface area contributed by atoms with Crippen LogP contribution in [0.1, 0.15) is 13.9 Å². The van der Waals surface area contributed by atoms with Crippen LogP contribution in [-0.2, 0) is 0 Å². The van der Waals surface area contributed by atoms with Gasteiger partial charge in [0.1, 0.15) is 1.37 Å². The van der Waals surface area contributed by atoms with Crippen molar-refractivity contribution in [1.29, 1.82) is 0 Å². The molecule has 0 spiro atoms. The second-order valence-corrected chi connectivity index (χ2v) is 2.04. The standard InChI is InChI=1S/C8H10NO2/c1-2-7-5-3-4-6-8(7)9(10)11/h2-6,10-11H,1H3/q+1/i2D,10D. The summed E-state index contributed by atoms with van der Waals surface area (Å²) in [4.78, 5) is 0. The zero-order chi connectivity index (χ0) is 9.84. The van der Waals surface area contributed by atoms with E-state index in [-0.39, 0.29) is 5.69 Å². The summed E-state index contributed by atoms with van der Waals surface area (Å²) in [6.07, 6.45) is 0.298. The number of nitrogens with zero attached hydrogens (tertiary/aromatic N) is 1. The molecule has 0 aliphatic heterocycles. The van der Waals surface area contributed by atoms with E-state index in [9.17, 15) is 0 Å². The third kappa shape index (κ3) is 1.63. The van der Waals surface area contributed by atoms with E-state index in [1.807, 2.05) is 0 Å². The van der Waals surface area contributed by atoms with Crippen LogP contribution in [0.4, 0.5) is 5.69 Å². The van der Waals surface area contributed by atoms with Crippen molar-refractivity contribution in [2.24, 2.45) is 0 Å². The SMILES string of the molecule is [2H]ON(O)c1ccccc1[C+]([2H])C. The summed E-state index contributed by atoms with van der Waals surface area (Å²) < 4.78 is 13.9. The van der Waals surface area contributed by atoms with Crippen molar-refractivity contribution >= 4 is 5.69 Å². The largest absolute Gasteiger partial charge is 0.252 e. The van der Waals surface area contributed by atoms with E-state index in [4.69, 9.17) is 8.01 Å². The first kappa shape index (κ1) is 5.46. The molecule has 1 rings (SSSR count). The Morgan fingerprint density at radius 2 is 2.36 bits per heavy atom. The lowest BCUT2D eigenvalue weighted by atomic mass is 10.1. The minimum atomic E-state index is 0.282. The van der Waals surface area contributed by atoms with Gasteiger partial charge in [0.25, 0.3) is 1.43 Å². The molecule has 0 unspecified atom stereocenters. The van der Waals surface area contributed by atoms with Crippen LogP contribution in [0.25, 0.3) is 0 Å². The second-order valence-electron chi connectivity index (χ2n) is 2.04. The van der Waals surface area contributed by atoms with E-state index in [0.29, 0.717) is 17.2 Å². The van der Waals surface area contributed by atoms with E-state index in [0.717, 1.165) is 0 Å². The predicted molar refractivity (Wildman–Crippen MR) is 41.6 cm³/mol. The first-order valence-corrected chi connectivity index (χ1v) is 3.18.